The molecule has 2 heterocycles. The van der Waals surface area contributed by atoms with E-state index in [-0.39, 0.29) is 0 Å². The molecule has 11 rings (SSSR count). The van der Waals surface area contributed by atoms with E-state index in [4.69, 9.17) is 0 Å². The summed E-state index contributed by atoms with van der Waals surface area (Å²) in [4.78, 5) is 0. The van der Waals surface area contributed by atoms with Crippen LogP contribution in [0.2, 0.25) is 0 Å². The molecule has 56 heavy (non-hydrogen) atoms. The molecule has 8 aromatic carbocycles. The van der Waals surface area contributed by atoms with Gasteiger partial charge in [0.2, 0.25) is 0 Å². The molecule has 0 saturated carbocycles. The van der Waals surface area contributed by atoms with Crippen molar-refractivity contribution >= 4 is 49.2 Å². The number of nitrogens with zero attached hydrogens (tertiary/aromatic N) is 2. The van der Waals surface area contributed by atoms with Gasteiger partial charge in [-0.2, -0.15) is 0 Å². The summed E-state index contributed by atoms with van der Waals surface area (Å²) in [6.07, 6.45) is 8.88. The third-order valence-electron chi connectivity index (χ3n) is 11.6. The Morgan fingerprint density at radius 1 is 0.321 bits per heavy atom. The molecule has 0 spiro atoms. The molecular formula is C54H38N2. The van der Waals surface area contributed by atoms with Crippen molar-refractivity contribution < 1.29 is 0 Å². The van der Waals surface area contributed by atoms with Crippen LogP contribution < -0.4 is 0 Å². The third-order valence-corrected chi connectivity index (χ3v) is 11.6. The lowest BCUT2D eigenvalue weighted by Gasteiger charge is -2.14. The van der Waals surface area contributed by atoms with Crippen LogP contribution in [0.5, 0.6) is 0 Å². The van der Waals surface area contributed by atoms with Gasteiger partial charge in [-0.3, -0.25) is 0 Å². The zero-order valence-corrected chi connectivity index (χ0v) is 30.9. The van der Waals surface area contributed by atoms with E-state index in [9.17, 15) is 0 Å². The van der Waals surface area contributed by atoms with E-state index < -0.39 is 0 Å². The fourth-order valence-corrected chi connectivity index (χ4v) is 8.86. The Labute approximate surface area is 326 Å². The molecule has 2 nitrogen and oxygen atoms in total. The van der Waals surface area contributed by atoms with Gasteiger partial charge in [0.1, 0.15) is 0 Å². The maximum absolute atomic E-state index is 2.44. The summed E-state index contributed by atoms with van der Waals surface area (Å²) >= 11 is 0. The standard InChI is InChI=1S/C54H38N2/c1-4-14-37(15-5-1)40-24-28-45(29-25-40)55-51-22-12-10-20-47(51)49-35-41(26-30-53(49)55)42-27-31-54-50(36-42)48-21-11-13-23-52(48)56(54)46-33-43(38-16-6-2-7-17-38)32-44(34-46)39-18-8-3-9-19-39/h1-4,6-14,16-36H,5,15H2. The lowest BCUT2D eigenvalue weighted by Crippen LogP contribution is -1.96. The Morgan fingerprint density at radius 3 is 1.34 bits per heavy atom. The molecule has 0 amide bonds. The van der Waals surface area contributed by atoms with Gasteiger partial charge in [-0.1, -0.05) is 140 Å². The van der Waals surface area contributed by atoms with Gasteiger partial charge in [0.05, 0.1) is 22.1 Å². The molecule has 0 fully saturated rings. The predicted molar refractivity (Wildman–Crippen MR) is 238 cm³/mol. The normalized spacial score (nSPS) is 12.9. The van der Waals surface area contributed by atoms with Gasteiger partial charge in [-0.05, 0) is 124 Å². The lowest BCUT2D eigenvalue weighted by atomic mass is 9.97. The lowest BCUT2D eigenvalue weighted by molar-refractivity contribution is 1.05. The fourth-order valence-electron chi connectivity index (χ4n) is 8.86. The second kappa shape index (κ2) is 13.3. The first-order valence-corrected chi connectivity index (χ1v) is 19.6. The zero-order valence-electron chi connectivity index (χ0n) is 30.9. The molecule has 0 N–H and O–H groups in total. The van der Waals surface area contributed by atoms with Crippen molar-refractivity contribution in [2.75, 3.05) is 0 Å². The summed E-state index contributed by atoms with van der Waals surface area (Å²) in [5, 5.41) is 5.02. The van der Waals surface area contributed by atoms with Crippen molar-refractivity contribution in [2.24, 2.45) is 0 Å². The van der Waals surface area contributed by atoms with Gasteiger partial charge >= 0.3 is 0 Å². The Hall–Kier alpha value is -7.16. The SMILES string of the molecule is C1=CCCC(c2ccc(-n3c4ccccc4c4cc(-c5ccc6c(c5)c5ccccc5n6-c5cc(-c6ccccc6)cc(-c6ccccc6)c5)ccc43)cc2)=C1. The Balaban J connectivity index is 1.05. The summed E-state index contributed by atoms with van der Waals surface area (Å²) in [6, 6.07) is 69.1. The predicted octanol–water partition coefficient (Wildman–Crippen LogP) is 14.6. The molecule has 1 aliphatic rings. The molecule has 0 radical (unpaired) electrons. The highest BCUT2D eigenvalue weighted by atomic mass is 15.0. The van der Waals surface area contributed by atoms with Gasteiger partial charge in [-0.25, -0.2) is 0 Å². The number of para-hydroxylation sites is 2. The average molecular weight is 715 g/mol. The van der Waals surface area contributed by atoms with Crippen LogP contribution in [0.1, 0.15) is 18.4 Å². The van der Waals surface area contributed by atoms with Crippen molar-refractivity contribution in [1.29, 1.82) is 0 Å². The number of aromatic nitrogens is 2. The smallest absolute Gasteiger partial charge is 0.0541 e. The van der Waals surface area contributed by atoms with Crippen molar-refractivity contribution in [3.05, 3.63) is 212 Å². The quantitative estimate of drug-likeness (QED) is 0.162. The molecule has 264 valence electrons. The minimum Gasteiger partial charge on any atom is -0.309 e. The molecule has 0 atom stereocenters. The number of benzene rings is 8. The monoisotopic (exact) mass is 714 g/mol. The average Bonchev–Trinajstić information content (AvgIpc) is 3.79. The van der Waals surface area contributed by atoms with Crippen LogP contribution in [0.3, 0.4) is 0 Å². The summed E-state index contributed by atoms with van der Waals surface area (Å²) in [6.45, 7) is 0. The Kier molecular flexibility index (Phi) is 7.67. The van der Waals surface area contributed by atoms with Crippen LogP contribution >= 0.6 is 0 Å². The van der Waals surface area contributed by atoms with Gasteiger partial charge in [0, 0.05) is 32.9 Å². The molecule has 0 bridgehead atoms. The summed E-state index contributed by atoms with van der Waals surface area (Å²) in [7, 11) is 0. The van der Waals surface area contributed by atoms with Gasteiger partial charge in [0.25, 0.3) is 0 Å². The highest BCUT2D eigenvalue weighted by Gasteiger charge is 2.17. The first kappa shape index (κ1) is 32.3. The van der Waals surface area contributed by atoms with E-state index in [0.29, 0.717) is 0 Å². The summed E-state index contributed by atoms with van der Waals surface area (Å²) in [5.74, 6) is 0. The number of hydrogen-bond acceptors (Lipinski definition) is 0. The van der Waals surface area contributed by atoms with Gasteiger partial charge in [-0.15, -0.1) is 0 Å². The van der Waals surface area contributed by atoms with Crippen LogP contribution in [-0.2, 0) is 0 Å². The number of hydrogen-bond donors (Lipinski definition) is 0. The maximum atomic E-state index is 2.44. The summed E-state index contributed by atoms with van der Waals surface area (Å²) in [5.41, 5.74) is 17.1. The molecule has 0 unspecified atom stereocenters. The van der Waals surface area contributed by atoms with Crippen LogP contribution in [0.4, 0.5) is 0 Å². The zero-order chi connectivity index (χ0) is 37.0. The van der Waals surface area contributed by atoms with Gasteiger partial charge in [0.15, 0.2) is 0 Å². The van der Waals surface area contributed by atoms with Crippen LogP contribution in [0.15, 0.2) is 206 Å². The first-order valence-electron chi connectivity index (χ1n) is 19.6. The van der Waals surface area contributed by atoms with Crippen LogP contribution in [0.25, 0.3) is 93.9 Å². The highest BCUT2D eigenvalue weighted by molar-refractivity contribution is 6.12. The van der Waals surface area contributed by atoms with Crippen molar-refractivity contribution in [3.8, 4) is 44.8 Å². The van der Waals surface area contributed by atoms with E-state index in [1.54, 1.807) is 0 Å². The molecule has 0 aliphatic heterocycles. The highest BCUT2D eigenvalue weighted by Crippen LogP contribution is 2.40. The second-order valence-electron chi connectivity index (χ2n) is 14.9. The van der Waals surface area contributed by atoms with Crippen molar-refractivity contribution in [3.63, 3.8) is 0 Å². The van der Waals surface area contributed by atoms with Crippen LogP contribution in [-0.4, -0.2) is 9.13 Å². The van der Waals surface area contributed by atoms with Crippen LogP contribution in [0, 0.1) is 0 Å². The Morgan fingerprint density at radius 2 is 0.804 bits per heavy atom. The molecule has 2 heteroatoms. The van der Waals surface area contributed by atoms with E-state index in [0.717, 1.165) is 18.5 Å². The Bertz CT molecular complexity index is 3100. The van der Waals surface area contributed by atoms with Crippen molar-refractivity contribution in [2.45, 2.75) is 12.8 Å². The van der Waals surface area contributed by atoms with E-state index in [1.165, 1.54) is 93.8 Å². The number of rotatable bonds is 6. The van der Waals surface area contributed by atoms with E-state index in [1.807, 2.05) is 0 Å². The molecule has 0 saturated heterocycles. The minimum absolute atomic E-state index is 1.09. The molecule has 2 aromatic heterocycles. The maximum Gasteiger partial charge on any atom is 0.0541 e. The third kappa shape index (κ3) is 5.41. The van der Waals surface area contributed by atoms with E-state index >= 15 is 0 Å². The topological polar surface area (TPSA) is 9.86 Å². The number of fused-ring (bicyclic) bond motifs is 6. The summed E-state index contributed by atoms with van der Waals surface area (Å²) < 4.78 is 4.86. The van der Waals surface area contributed by atoms with Gasteiger partial charge < -0.3 is 9.13 Å². The fraction of sp³-hybridized carbons (Fsp3) is 0.0370. The molecule has 1 aliphatic carbocycles. The largest absolute Gasteiger partial charge is 0.309 e. The molecular weight excluding hydrogens is 677 g/mol. The second-order valence-corrected chi connectivity index (χ2v) is 14.9. The molecule has 10 aromatic rings. The van der Waals surface area contributed by atoms with Crippen molar-refractivity contribution in [1.82, 2.24) is 9.13 Å². The minimum atomic E-state index is 1.09. The van der Waals surface area contributed by atoms with E-state index in [2.05, 4.69) is 215 Å². The first-order chi connectivity index (χ1) is 27.8. The number of allylic oxidation sites excluding steroid dienone is 4.